The Balaban J connectivity index is 1.60. The van der Waals surface area contributed by atoms with Gasteiger partial charge < -0.3 is 14.2 Å². The third kappa shape index (κ3) is 2.28. The van der Waals surface area contributed by atoms with E-state index in [0.717, 1.165) is 52.0 Å². The topological polar surface area (TPSA) is 61.6 Å². The summed E-state index contributed by atoms with van der Waals surface area (Å²) in [6.45, 7) is 4.88. The van der Waals surface area contributed by atoms with E-state index >= 15 is 0 Å². The fourth-order valence-corrected chi connectivity index (χ4v) is 3.92. The first-order valence-corrected chi connectivity index (χ1v) is 7.81. The third-order valence-electron chi connectivity index (χ3n) is 5.07. The van der Waals surface area contributed by atoms with E-state index in [0.29, 0.717) is 13.2 Å². The molecule has 116 valence electrons. The van der Waals surface area contributed by atoms with E-state index in [1.54, 1.807) is 6.20 Å². The summed E-state index contributed by atoms with van der Waals surface area (Å²) in [6.07, 6.45) is 7.49. The first-order valence-electron chi connectivity index (χ1n) is 7.81. The highest BCUT2D eigenvalue weighted by atomic mass is 16.7. The minimum atomic E-state index is -0.351. The lowest BCUT2D eigenvalue weighted by atomic mass is 9.83. The van der Waals surface area contributed by atoms with Gasteiger partial charge in [0, 0.05) is 32.1 Å². The minimum Gasteiger partial charge on any atom is -0.379 e. The van der Waals surface area contributed by atoms with Crippen molar-refractivity contribution < 1.29 is 14.2 Å². The van der Waals surface area contributed by atoms with Gasteiger partial charge in [0.05, 0.1) is 32.6 Å². The largest absolute Gasteiger partial charge is 0.379 e. The van der Waals surface area contributed by atoms with Gasteiger partial charge in [-0.25, -0.2) is 4.68 Å². The molecule has 0 atom stereocenters. The Bertz CT molecular complexity index is 457. The van der Waals surface area contributed by atoms with Crippen molar-refractivity contribution >= 4 is 0 Å². The van der Waals surface area contributed by atoms with Crippen molar-refractivity contribution in [3.05, 3.63) is 12.4 Å². The lowest BCUT2D eigenvalue weighted by molar-refractivity contribution is -0.211. The highest BCUT2D eigenvalue weighted by Gasteiger charge is 2.50. The molecule has 3 fully saturated rings. The average molecular weight is 294 g/mol. The molecule has 0 N–H and O–H groups in total. The molecule has 0 amide bonds. The second-order valence-electron chi connectivity index (χ2n) is 6.04. The minimum absolute atomic E-state index is 0.110. The fourth-order valence-electron chi connectivity index (χ4n) is 3.92. The van der Waals surface area contributed by atoms with Gasteiger partial charge in [0.1, 0.15) is 5.66 Å². The molecule has 0 radical (unpaired) electrons. The Kier molecular flexibility index (Phi) is 3.45. The molecule has 2 saturated heterocycles. The van der Waals surface area contributed by atoms with E-state index in [9.17, 15) is 0 Å². The highest BCUT2D eigenvalue weighted by Crippen LogP contribution is 2.45. The van der Waals surface area contributed by atoms with Crippen molar-refractivity contribution in [2.45, 2.75) is 37.1 Å². The smallest absolute Gasteiger partial charge is 0.168 e. The Morgan fingerprint density at radius 1 is 0.905 bits per heavy atom. The predicted octanol–water partition coefficient (Wildman–Crippen LogP) is 0.580. The normalized spacial score (nSPS) is 29.0. The Hall–Kier alpha value is -1.02. The first-order chi connectivity index (χ1) is 10.3. The Morgan fingerprint density at radius 3 is 2.24 bits per heavy atom. The maximum absolute atomic E-state index is 5.87. The van der Waals surface area contributed by atoms with Crippen LogP contribution < -0.4 is 0 Å². The molecule has 4 rings (SSSR count). The molecule has 3 heterocycles. The maximum atomic E-state index is 5.87. The predicted molar refractivity (Wildman–Crippen MR) is 73.5 cm³/mol. The van der Waals surface area contributed by atoms with E-state index in [2.05, 4.69) is 15.2 Å². The molecule has 0 unspecified atom stereocenters. The van der Waals surface area contributed by atoms with Crippen molar-refractivity contribution in [2.75, 3.05) is 39.5 Å². The summed E-state index contributed by atoms with van der Waals surface area (Å²) in [5.41, 5.74) is -0.110. The lowest BCUT2D eigenvalue weighted by Crippen LogP contribution is -2.58. The molecule has 7 heteroatoms. The number of rotatable bonds is 2. The van der Waals surface area contributed by atoms with Crippen molar-refractivity contribution in [3.63, 3.8) is 0 Å². The molecular formula is C14H22N4O3. The van der Waals surface area contributed by atoms with E-state index in [1.165, 1.54) is 0 Å². The van der Waals surface area contributed by atoms with Crippen molar-refractivity contribution in [3.8, 4) is 0 Å². The number of hydrogen-bond acceptors (Lipinski definition) is 6. The van der Waals surface area contributed by atoms with Gasteiger partial charge in [-0.15, -0.1) is 5.10 Å². The van der Waals surface area contributed by atoms with E-state index < -0.39 is 0 Å². The zero-order chi connectivity index (χ0) is 14.2. The summed E-state index contributed by atoms with van der Waals surface area (Å²) < 4.78 is 19.3. The molecule has 1 aliphatic carbocycles. The van der Waals surface area contributed by atoms with E-state index in [1.807, 2.05) is 10.9 Å². The molecule has 7 nitrogen and oxygen atoms in total. The monoisotopic (exact) mass is 294 g/mol. The Morgan fingerprint density at radius 2 is 1.62 bits per heavy atom. The van der Waals surface area contributed by atoms with Crippen LogP contribution in [0.25, 0.3) is 0 Å². The van der Waals surface area contributed by atoms with Gasteiger partial charge in [-0.3, -0.25) is 4.90 Å². The van der Waals surface area contributed by atoms with Crippen LogP contribution in [-0.4, -0.2) is 65.2 Å². The molecule has 2 aliphatic heterocycles. The molecule has 0 bridgehead atoms. The number of morpholine rings is 1. The van der Waals surface area contributed by atoms with Crippen LogP contribution in [0.1, 0.15) is 25.7 Å². The lowest BCUT2D eigenvalue weighted by Gasteiger charge is -2.50. The van der Waals surface area contributed by atoms with Crippen LogP contribution in [0.15, 0.2) is 12.4 Å². The molecule has 21 heavy (non-hydrogen) atoms. The van der Waals surface area contributed by atoms with E-state index in [-0.39, 0.29) is 11.4 Å². The van der Waals surface area contributed by atoms with Gasteiger partial charge in [0.2, 0.25) is 0 Å². The quantitative estimate of drug-likeness (QED) is 0.795. The van der Waals surface area contributed by atoms with Crippen LogP contribution in [0.4, 0.5) is 0 Å². The van der Waals surface area contributed by atoms with Crippen molar-refractivity contribution in [1.29, 1.82) is 0 Å². The van der Waals surface area contributed by atoms with Gasteiger partial charge in [-0.05, 0) is 12.8 Å². The summed E-state index contributed by atoms with van der Waals surface area (Å²) in [7, 11) is 0. The highest BCUT2D eigenvalue weighted by molar-refractivity contribution is 4.96. The number of aromatic nitrogens is 3. The van der Waals surface area contributed by atoms with Gasteiger partial charge in [-0.2, -0.15) is 0 Å². The molecule has 0 aromatic carbocycles. The summed E-state index contributed by atoms with van der Waals surface area (Å²) in [6, 6.07) is 0. The number of ether oxygens (including phenoxy) is 3. The average Bonchev–Trinajstić information content (AvgIpc) is 3.22. The maximum Gasteiger partial charge on any atom is 0.168 e. The van der Waals surface area contributed by atoms with Crippen LogP contribution in [-0.2, 0) is 19.9 Å². The van der Waals surface area contributed by atoms with Gasteiger partial charge in [-0.1, -0.05) is 5.21 Å². The fraction of sp³-hybridized carbons (Fsp3) is 0.857. The third-order valence-corrected chi connectivity index (χ3v) is 5.07. The number of nitrogens with zero attached hydrogens (tertiary/aromatic N) is 4. The molecule has 1 saturated carbocycles. The Labute approximate surface area is 124 Å². The van der Waals surface area contributed by atoms with Gasteiger partial charge in [0.15, 0.2) is 5.79 Å². The summed E-state index contributed by atoms with van der Waals surface area (Å²) >= 11 is 0. The second kappa shape index (κ2) is 5.31. The first kappa shape index (κ1) is 13.6. The summed E-state index contributed by atoms with van der Waals surface area (Å²) in [5.74, 6) is -0.351. The van der Waals surface area contributed by atoms with Crippen LogP contribution in [0.3, 0.4) is 0 Å². The van der Waals surface area contributed by atoms with Crippen LogP contribution >= 0.6 is 0 Å². The van der Waals surface area contributed by atoms with Gasteiger partial charge in [0.25, 0.3) is 0 Å². The molecule has 1 aromatic heterocycles. The molecule has 3 aliphatic rings. The standard InChI is InChI=1S/C14H22N4O3/c1-3-14(20-11-12-21-14)4-2-13(1,18-6-5-15-16-18)17-7-9-19-10-8-17/h5-6H,1-4,7-12H2. The van der Waals surface area contributed by atoms with Crippen LogP contribution in [0.5, 0.6) is 0 Å². The molecule has 1 aromatic rings. The van der Waals surface area contributed by atoms with Crippen molar-refractivity contribution in [1.82, 2.24) is 19.9 Å². The zero-order valence-electron chi connectivity index (χ0n) is 12.2. The molecule has 1 spiro atoms. The van der Waals surface area contributed by atoms with Crippen molar-refractivity contribution in [2.24, 2.45) is 0 Å². The van der Waals surface area contributed by atoms with E-state index in [4.69, 9.17) is 14.2 Å². The second-order valence-corrected chi connectivity index (χ2v) is 6.04. The van der Waals surface area contributed by atoms with Gasteiger partial charge >= 0.3 is 0 Å². The summed E-state index contributed by atoms with van der Waals surface area (Å²) in [5, 5.41) is 8.32. The zero-order valence-corrected chi connectivity index (χ0v) is 12.2. The summed E-state index contributed by atoms with van der Waals surface area (Å²) in [4.78, 5) is 2.49. The van der Waals surface area contributed by atoms with Crippen LogP contribution in [0.2, 0.25) is 0 Å². The molecular weight excluding hydrogens is 272 g/mol. The van der Waals surface area contributed by atoms with Crippen LogP contribution in [0, 0.1) is 0 Å². The SMILES string of the molecule is c1cn(C2(N3CCOCC3)CCC3(CC2)OCCO3)nn1. The number of hydrogen-bond donors (Lipinski definition) is 0.